The topological polar surface area (TPSA) is 32.3 Å². The van der Waals surface area contributed by atoms with Gasteiger partial charge in [-0.25, -0.2) is 0 Å². The van der Waals surface area contributed by atoms with Gasteiger partial charge < -0.3 is 10.4 Å². The maximum absolute atomic E-state index is 10.4. The normalized spacial score (nSPS) is 27.6. The van der Waals surface area contributed by atoms with E-state index in [1.165, 1.54) is 19.3 Å². The van der Waals surface area contributed by atoms with Crippen molar-refractivity contribution < 1.29 is 5.11 Å². The van der Waals surface area contributed by atoms with Gasteiger partial charge in [0.15, 0.2) is 0 Å². The van der Waals surface area contributed by atoms with Crippen LogP contribution in [0.1, 0.15) is 37.4 Å². The van der Waals surface area contributed by atoms with Crippen LogP contribution in [0.15, 0.2) is 30.3 Å². The van der Waals surface area contributed by atoms with E-state index in [9.17, 15) is 5.11 Å². The van der Waals surface area contributed by atoms with Gasteiger partial charge in [0.2, 0.25) is 0 Å². The average molecular weight is 219 g/mol. The number of aliphatic hydroxyl groups excluding tert-OH is 1. The van der Waals surface area contributed by atoms with Gasteiger partial charge in [-0.2, -0.15) is 0 Å². The second-order valence-electron chi connectivity index (χ2n) is 4.70. The predicted octanol–water partition coefficient (Wildman–Crippen LogP) is 2.50. The zero-order valence-corrected chi connectivity index (χ0v) is 9.89. The molecular weight excluding hydrogens is 198 g/mol. The lowest BCUT2D eigenvalue weighted by Gasteiger charge is -2.34. The quantitative estimate of drug-likeness (QED) is 0.818. The van der Waals surface area contributed by atoms with E-state index < -0.39 is 0 Å². The monoisotopic (exact) mass is 219 g/mol. The summed E-state index contributed by atoms with van der Waals surface area (Å²) in [6, 6.07) is 10.5. The number of nitrogens with one attached hydrogen (secondary N) is 1. The summed E-state index contributed by atoms with van der Waals surface area (Å²) in [7, 11) is 2.00. The third kappa shape index (κ3) is 2.45. The van der Waals surface area contributed by atoms with E-state index in [4.69, 9.17) is 0 Å². The number of hydrogen-bond acceptors (Lipinski definition) is 2. The number of rotatable bonds is 3. The Hall–Kier alpha value is -0.860. The average Bonchev–Trinajstić information content (AvgIpc) is 2.39. The lowest BCUT2D eigenvalue weighted by Crippen LogP contribution is -2.39. The number of aliphatic hydroxyl groups is 1. The highest BCUT2D eigenvalue weighted by atomic mass is 16.3. The summed E-state index contributed by atoms with van der Waals surface area (Å²) < 4.78 is 0. The van der Waals surface area contributed by atoms with Crippen molar-refractivity contribution in [3.63, 3.8) is 0 Å². The molecule has 0 amide bonds. The number of hydrogen-bond donors (Lipinski definition) is 2. The molecule has 16 heavy (non-hydrogen) atoms. The van der Waals surface area contributed by atoms with E-state index in [1.807, 2.05) is 37.4 Å². The maximum atomic E-state index is 10.4. The molecule has 1 aromatic carbocycles. The van der Waals surface area contributed by atoms with Crippen LogP contribution in [0.25, 0.3) is 0 Å². The van der Waals surface area contributed by atoms with E-state index in [2.05, 4.69) is 5.32 Å². The first kappa shape index (κ1) is 11.6. The summed E-state index contributed by atoms with van der Waals surface area (Å²) in [6.07, 6.45) is 4.52. The second kappa shape index (κ2) is 5.46. The molecule has 3 atom stereocenters. The fourth-order valence-corrected chi connectivity index (χ4v) is 2.79. The van der Waals surface area contributed by atoms with Crippen molar-refractivity contribution >= 4 is 0 Å². The summed E-state index contributed by atoms with van der Waals surface area (Å²) in [5.74, 6) is 0.362. The molecule has 0 spiro atoms. The molecule has 2 N–H and O–H groups in total. The summed E-state index contributed by atoms with van der Waals surface area (Å²) in [4.78, 5) is 0. The van der Waals surface area contributed by atoms with Crippen LogP contribution in [0.2, 0.25) is 0 Å². The van der Waals surface area contributed by atoms with Gasteiger partial charge in [-0.15, -0.1) is 0 Å². The predicted molar refractivity (Wildman–Crippen MR) is 66.2 cm³/mol. The first-order valence-corrected chi connectivity index (χ1v) is 6.23. The molecule has 88 valence electrons. The van der Waals surface area contributed by atoms with Crippen molar-refractivity contribution in [1.29, 1.82) is 0 Å². The van der Waals surface area contributed by atoms with Gasteiger partial charge in [0.25, 0.3) is 0 Å². The molecule has 0 saturated heterocycles. The molecule has 1 saturated carbocycles. The number of benzene rings is 1. The van der Waals surface area contributed by atoms with Gasteiger partial charge >= 0.3 is 0 Å². The summed E-state index contributed by atoms with van der Waals surface area (Å²) >= 11 is 0. The van der Waals surface area contributed by atoms with E-state index in [-0.39, 0.29) is 6.10 Å². The SMILES string of the molecule is CN[C@@H]1CCCC[C@H]1[C@H](O)c1ccccc1. The van der Waals surface area contributed by atoms with Crippen molar-refractivity contribution in [3.05, 3.63) is 35.9 Å². The van der Waals surface area contributed by atoms with Crippen LogP contribution in [0.5, 0.6) is 0 Å². The lowest BCUT2D eigenvalue weighted by molar-refractivity contribution is 0.0639. The van der Waals surface area contributed by atoms with Gasteiger partial charge in [0, 0.05) is 12.0 Å². The Morgan fingerprint density at radius 1 is 1.19 bits per heavy atom. The Balaban J connectivity index is 2.10. The molecule has 0 unspecified atom stereocenters. The zero-order valence-electron chi connectivity index (χ0n) is 9.89. The highest BCUT2D eigenvalue weighted by molar-refractivity contribution is 5.18. The molecule has 0 heterocycles. The van der Waals surface area contributed by atoms with Crippen LogP contribution in [0, 0.1) is 5.92 Å². The third-order valence-corrected chi connectivity index (χ3v) is 3.74. The fourth-order valence-electron chi connectivity index (χ4n) is 2.79. The minimum Gasteiger partial charge on any atom is -0.388 e. The van der Waals surface area contributed by atoms with E-state index >= 15 is 0 Å². The molecule has 1 fully saturated rings. The standard InChI is InChI=1S/C14H21NO/c1-15-13-10-6-5-9-12(13)14(16)11-7-3-2-4-8-11/h2-4,7-8,12-16H,5-6,9-10H2,1H3/t12-,13-,14-/m1/s1. The van der Waals surface area contributed by atoms with E-state index in [0.717, 1.165) is 12.0 Å². The Kier molecular flexibility index (Phi) is 3.97. The van der Waals surface area contributed by atoms with E-state index in [1.54, 1.807) is 0 Å². The Morgan fingerprint density at radius 2 is 1.88 bits per heavy atom. The van der Waals surface area contributed by atoms with Gasteiger partial charge in [-0.3, -0.25) is 0 Å². The summed E-state index contributed by atoms with van der Waals surface area (Å²) in [6.45, 7) is 0. The highest BCUT2D eigenvalue weighted by Crippen LogP contribution is 2.34. The van der Waals surface area contributed by atoms with E-state index in [0.29, 0.717) is 12.0 Å². The van der Waals surface area contributed by atoms with Gasteiger partial charge in [0.05, 0.1) is 6.10 Å². The van der Waals surface area contributed by atoms with Crippen molar-refractivity contribution in [2.75, 3.05) is 7.05 Å². The molecule has 2 rings (SSSR count). The molecule has 2 heteroatoms. The molecule has 1 aliphatic rings. The molecular formula is C14H21NO. The summed E-state index contributed by atoms with van der Waals surface area (Å²) in [5.41, 5.74) is 1.05. The van der Waals surface area contributed by atoms with Crippen LogP contribution in [0.4, 0.5) is 0 Å². The van der Waals surface area contributed by atoms with Gasteiger partial charge in [0.1, 0.15) is 0 Å². The molecule has 0 aromatic heterocycles. The molecule has 0 aliphatic heterocycles. The smallest absolute Gasteiger partial charge is 0.0833 e. The molecule has 0 radical (unpaired) electrons. The minimum absolute atomic E-state index is 0.320. The van der Waals surface area contributed by atoms with Crippen molar-refractivity contribution in [1.82, 2.24) is 5.32 Å². The molecule has 1 aromatic rings. The Morgan fingerprint density at radius 3 is 2.56 bits per heavy atom. The zero-order chi connectivity index (χ0) is 11.4. The third-order valence-electron chi connectivity index (χ3n) is 3.74. The van der Waals surface area contributed by atoms with Crippen molar-refractivity contribution in [2.45, 2.75) is 37.8 Å². The molecule has 0 bridgehead atoms. The van der Waals surface area contributed by atoms with Crippen LogP contribution < -0.4 is 5.32 Å². The first-order chi connectivity index (χ1) is 7.83. The highest BCUT2D eigenvalue weighted by Gasteiger charge is 2.30. The lowest BCUT2D eigenvalue weighted by atomic mass is 9.79. The largest absolute Gasteiger partial charge is 0.388 e. The van der Waals surface area contributed by atoms with Crippen LogP contribution in [-0.2, 0) is 0 Å². The van der Waals surface area contributed by atoms with Gasteiger partial charge in [-0.1, -0.05) is 43.2 Å². The maximum Gasteiger partial charge on any atom is 0.0833 e. The second-order valence-corrected chi connectivity index (χ2v) is 4.70. The van der Waals surface area contributed by atoms with Gasteiger partial charge in [-0.05, 0) is 25.5 Å². The Labute approximate surface area is 97.7 Å². The minimum atomic E-state index is -0.320. The van der Waals surface area contributed by atoms with Crippen LogP contribution in [-0.4, -0.2) is 18.2 Å². The van der Waals surface area contributed by atoms with Crippen molar-refractivity contribution in [3.8, 4) is 0 Å². The van der Waals surface area contributed by atoms with Crippen molar-refractivity contribution in [2.24, 2.45) is 5.92 Å². The Bertz CT molecular complexity index is 312. The summed E-state index contributed by atoms with van der Waals surface area (Å²) in [5, 5.41) is 13.8. The van der Waals surface area contributed by atoms with Crippen LogP contribution in [0.3, 0.4) is 0 Å². The van der Waals surface area contributed by atoms with Crippen LogP contribution >= 0.6 is 0 Å². The molecule has 2 nitrogen and oxygen atoms in total. The first-order valence-electron chi connectivity index (χ1n) is 6.23. The fraction of sp³-hybridized carbons (Fsp3) is 0.571. The molecule has 1 aliphatic carbocycles.